The zero-order valence-electron chi connectivity index (χ0n) is 11.8. The van der Waals surface area contributed by atoms with Crippen LogP contribution in [0.3, 0.4) is 0 Å². The van der Waals surface area contributed by atoms with Crippen LogP contribution < -0.4 is 0 Å². The van der Waals surface area contributed by atoms with Crippen LogP contribution in [0, 0.1) is 0 Å². The summed E-state index contributed by atoms with van der Waals surface area (Å²) in [5, 5.41) is 0. The molecule has 0 N–H and O–H groups in total. The van der Waals surface area contributed by atoms with Crippen LogP contribution in [0.25, 0.3) is 0 Å². The molecule has 0 atom stereocenters. The van der Waals surface area contributed by atoms with Gasteiger partial charge in [0.1, 0.15) is 0 Å². The summed E-state index contributed by atoms with van der Waals surface area (Å²) in [5.41, 5.74) is 0. The van der Waals surface area contributed by atoms with E-state index in [1.54, 1.807) is 0 Å². The van der Waals surface area contributed by atoms with Crippen LogP contribution in [0.1, 0.15) is 12.8 Å². The van der Waals surface area contributed by atoms with E-state index in [-0.39, 0.29) is 13.0 Å². The fourth-order valence-corrected chi connectivity index (χ4v) is 3.31. The van der Waals surface area contributed by atoms with Gasteiger partial charge in [0.15, 0.2) is 0 Å². The predicted molar refractivity (Wildman–Crippen MR) is 71.9 cm³/mol. The van der Waals surface area contributed by atoms with Gasteiger partial charge in [-0.1, -0.05) is 0 Å². The third-order valence-electron chi connectivity index (χ3n) is 3.26. The van der Waals surface area contributed by atoms with E-state index in [1.807, 2.05) is 7.05 Å². The fraction of sp³-hybridized carbons (Fsp3) is 0.909. The molecule has 7 nitrogen and oxygen atoms in total. The summed E-state index contributed by atoms with van der Waals surface area (Å²) in [4.78, 5) is 13.2. The molecule has 0 spiro atoms. The number of carbonyl (C=O) groups excluding carboxylic acids is 1. The van der Waals surface area contributed by atoms with E-state index in [9.17, 15) is 13.2 Å². The van der Waals surface area contributed by atoms with Crippen LogP contribution in [0.4, 0.5) is 0 Å². The van der Waals surface area contributed by atoms with E-state index in [2.05, 4.69) is 9.64 Å². The third-order valence-corrected chi connectivity index (χ3v) is 5.25. The number of hydrogen-bond donors (Lipinski definition) is 0. The van der Waals surface area contributed by atoms with E-state index in [0.29, 0.717) is 13.1 Å². The highest BCUT2D eigenvalue weighted by molar-refractivity contribution is 7.86. The number of esters is 1. The topological polar surface area (TPSA) is 70.2 Å². The first-order chi connectivity index (χ1) is 8.87. The number of likely N-dealkylation sites (N-methyl/N-ethyl adjacent to an activating group) is 1. The van der Waals surface area contributed by atoms with E-state index in [0.717, 1.165) is 19.5 Å². The van der Waals surface area contributed by atoms with Crippen molar-refractivity contribution in [2.75, 3.05) is 53.9 Å². The Balaban J connectivity index is 2.60. The third kappa shape index (κ3) is 4.72. The summed E-state index contributed by atoms with van der Waals surface area (Å²) in [6.45, 7) is 2.78. The Morgan fingerprint density at radius 3 is 2.58 bits per heavy atom. The Bertz CT molecular complexity index is 399. The summed E-state index contributed by atoms with van der Waals surface area (Å²) in [7, 11) is 1.29. The Hall–Kier alpha value is -0.700. The SMILES string of the molecule is COC(=O)CCN(C)S(=O)(=O)N1CCCN(C)CC1. The quantitative estimate of drug-likeness (QED) is 0.631. The van der Waals surface area contributed by atoms with Crippen LogP contribution in [-0.4, -0.2) is 81.8 Å². The molecule has 0 amide bonds. The van der Waals surface area contributed by atoms with Gasteiger partial charge in [-0.25, -0.2) is 0 Å². The van der Waals surface area contributed by atoms with Crippen molar-refractivity contribution in [3.8, 4) is 0 Å². The highest BCUT2D eigenvalue weighted by Gasteiger charge is 2.28. The van der Waals surface area contributed by atoms with E-state index in [1.165, 1.54) is 22.8 Å². The Kier molecular flexibility index (Phi) is 6.18. The van der Waals surface area contributed by atoms with Crippen LogP contribution >= 0.6 is 0 Å². The number of ether oxygens (including phenoxy) is 1. The molecule has 0 aliphatic carbocycles. The van der Waals surface area contributed by atoms with Crippen LogP contribution in [0.5, 0.6) is 0 Å². The van der Waals surface area contributed by atoms with Crippen molar-refractivity contribution in [2.45, 2.75) is 12.8 Å². The van der Waals surface area contributed by atoms with Crippen molar-refractivity contribution in [3.05, 3.63) is 0 Å². The molecule has 19 heavy (non-hydrogen) atoms. The molecule has 1 aliphatic rings. The molecule has 1 aliphatic heterocycles. The van der Waals surface area contributed by atoms with Gasteiger partial charge in [-0.3, -0.25) is 4.79 Å². The molecular weight excluding hydrogens is 270 g/mol. The molecule has 1 heterocycles. The summed E-state index contributed by atoms with van der Waals surface area (Å²) in [6.07, 6.45) is 0.889. The van der Waals surface area contributed by atoms with Crippen molar-refractivity contribution in [1.82, 2.24) is 13.5 Å². The predicted octanol–water partition coefficient (Wildman–Crippen LogP) is -0.636. The van der Waals surface area contributed by atoms with Crippen molar-refractivity contribution in [3.63, 3.8) is 0 Å². The minimum atomic E-state index is -3.48. The van der Waals surface area contributed by atoms with Gasteiger partial charge in [0.25, 0.3) is 10.2 Å². The van der Waals surface area contributed by atoms with E-state index < -0.39 is 16.2 Å². The van der Waals surface area contributed by atoms with E-state index in [4.69, 9.17) is 0 Å². The molecule has 0 radical (unpaired) electrons. The molecule has 0 bridgehead atoms. The Morgan fingerprint density at radius 2 is 1.95 bits per heavy atom. The number of carbonyl (C=O) groups is 1. The number of nitrogens with zero attached hydrogens (tertiary/aromatic N) is 3. The molecule has 0 saturated carbocycles. The normalized spacial score (nSPS) is 19.4. The highest BCUT2D eigenvalue weighted by atomic mass is 32.2. The summed E-state index contributed by atoms with van der Waals surface area (Å²) in [6, 6.07) is 0. The second-order valence-corrected chi connectivity index (χ2v) is 6.75. The van der Waals surface area contributed by atoms with Gasteiger partial charge in [0, 0.05) is 33.2 Å². The zero-order valence-corrected chi connectivity index (χ0v) is 12.6. The molecule has 0 aromatic heterocycles. The first kappa shape index (κ1) is 16.4. The number of methoxy groups -OCH3 is 1. The molecule has 1 fully saturated rings. The number of hydrogen-bond acceptors (Lipinski definition) is 5. The lowest BCUT2D eigenvalue weighted by Gasteiger charge is -2.26. The highest BCUT2D eigenvalue weighted by Crippen LogP contribution is 2.11. The van der Waals surface area contributed by atoms with Crippen molar-refractivity contribution < 1.29 is 17.9 Å². The molecule has 0 aromatic rings. The van der Waals surface area contributed by atoms with Crippen LogP contribution in [0.2, 0.25) is 0 Å². The van der Waals surface area contributed by atoms with Gasteiger partial charge < -0.3 is 9.64 Å². The Labute approximate surface area is 115 Å². The van der Waals surface area contributed by atoms with Gasteiger partial charge in [-0.2, -0.15) is 17.0 Å². The molecule has 1 saturated heterocycles. The summed E-state index contributed by atoms with van der Waals surface area (Å²) >= 11 is 0. The van der Waals surface area contributed by atoms with Crippen LogP contribution in [0.15, 0.2) is 0 Å². The van der Waals surface area contributed by atoms with Crippen molar-refractivity contribution in [1.29, 1.82) is 0 Å². The average molecular weight is 293 g/mol. The fourth-order valence-electron chi connectivity index (χ4n) is 1.92. The second kappa shape index (κ2) is 7.18. The second-order valence-electron chi connectivity index (χ2n) is 4.71. The maximum atomic E-state index is 12.3. The summed E-state index contributed by atoms with van der Waals surface area (Å²) < 4.78 is 31.9. The monoisotopic (exact) mass is 293 g/mol. The van der Waals surface area contributed by atoms with Gasteiger partial charge in [-0.05, 0) is 20.0 Å². The molecule has 0 unspecified atom stereocenters. The maximum Gasteiger partial charge on any atom is 0.306 e. The van der Waals surface area contributed by atoms with Crippen molar-refractivity contribution >= 4 is 16.2 Å². The maximum absolute atomic E-state index is 12.3. The largest absolute Gasteiger partial charge is 0.469 e. The van der Waals surface area contributed by atoms with Gasteiger partial charge in [-0.15, -0.1) is 0 Å². The van der Waals surface area contributed by atoms with Gasteiger partial charge in [0.05, 0.1) is 13.5 Å². The smallest absolute Gasteiger partial charge is 0.306 e. The zero-order chi connectivity index (χ0) is 14.5. The molecule has 8 heteroatoms. The standard InChI is InChI=1S/C11H23N3O4S/c1-12-6-4-7-14(10-9-12)19(16,17)13(2)8-5-11(15)18-3/h4-10H2,1-3H3. The molecule has 112 valence electrons. The Morgan fingerprint density at radius 1 is 1.26 bits per heavy atom. The lowest BCUT2D eigenvalue weighted by Crippen LogP contribution is -2.44. The van der Waals surface area contributed by atoms with Gasteiger partial charge >= 0.3 is 5.97 Å². The number of rotatable bonds is 5. The average Bonchev–Trinajstić information content (AvgIpc) is 2.60. The lowest BCUT2D eigenvalue weighted by atomic mass is 10.4. The molecule has 1 rings (SSSR count). The first-order valence-electron chi connectivity index (χ1n) is 6.34. The minimum absolute atomic E-state index is 0.0694. The molecule has 0 aromatic carbocycles. The minimum Gasteiger partial charge on any atom is -0.469 e. The van der Waals surface area contributed by atoms with Gasteiger partial charge in [0.2, 0.25) is 0 Å². The van der Waals surface area contributed by atoms with Crippen LogP contribution in [-0.2, 0) is 19.7 Å². The lowest BCUT2D eigenvalue weighted by molar-refractivity contribution is -0.140. The molecular formula is C11H23N3O4S. The first-order valence-corrected chi connectivity index (χ1v) is 7.74. The summed E-state index contributed by atoms with van der Waals surface area (Å²) in [5.74, 6) is -0.405. The van der Waals surface area contributed by atoms with E-state index >= 15 is 0 Å². The van der Waals surface area contributed by atoms with Crippen molar-refractivity contribution in [2.24, 2.45) is 0 Å².